The summed E-state index contributed by atoms with van der Waals surface area (Å²) in [5.41, 5.74) is 4.01. The van der Waals surface area contributed by atoms with Gasteiger partial charge in [0.25, 0.3) is 5.91 Å². The van der Waals surface area contributed by atoms with Gasteiger partial charge in [-0.05, 0) is 43.7 Å². The normalized spacial score (nSPS) is 10.8. The molecule has 0 saturated carbocycles. The summed E-state index contributed by atoms with van der Waals surface area (Å²) in [6.07, 6.45) is 6.93. The number of pyridine rings is 1. The zero-order chi connectivity index (χ0) is 18.5. The van der Waals surface area contributed by atoms with E-state index in [9.17, 15) is 4.79 Å². The predicted molar refractivity (Wildman–Crippen MR) is 104 cm³/mol. The summed E-state index contributed by atoms with van der Waals surface area (Å²) in [5.74, 6) is 0.260. The maximum absolute atomic E-state index is 12.7. The lowest BCUT2D eigenvalue weighted by atomic mass is 10.2. The summed E-state index contributed by atoms with van der Waals surface area (Å²) >= 11 is 0. The Hall–Kier alpha value is -3.47. The lowest BCUT2D eigenvalue weighted by Gasteiger charge is -2.08. The molecule has 0 radical (unpaired) electrons. The first kappa shape index (κ1) is 17.4. The van der Waals surface area contributed by atoms with Crippen LogP contribution in [0.3, 0.4) is 0 Å². The Morgan fingerprint density at radius 3 is 2.65 bits per heavy atom. The van der Waals surface area contributed by atoms with Crippen LogP contribution in [0.25, 0.3) is 11.8 Å². The summed E-state index contributed by atoms with van der Waals surface area (Å²) in [6, 6.07) is 13.4. The summed E-state index contributed by atoms with van der Waals surface area (Å²) in [5, 5.41) is 7.18. The topological polar surface area (TPSA) is 59.8 Å². The van der Waals surface area contributed by atoms with Crippen molar-refractivity contribution >= 4 is 17.8 Å². The molecule has 3 aromatic rings. The van der Waals surface area contributed by atoms with Crippen LogP contribution >= 0.6 is 0 Å². The SMILES string of the molecule is C=C/C=C\c1nc(NC(=O)c2cnn(-c3ccccc3)c2C)ccc1C. The summed E-state index contributed by atoms with van der Waals surface area (Å²) in [6.45, 7) is 7.50. The third-order valence-electron chi connectivity index (χ3n) is 4.02. The maximum atomic E-state index is 12.7. The lowest BCUT2D eigenvalue weighted by molar-refractivity contribution is 0.102. The molecular weight excluding hydrogens is 324 g/mol. The van der Waals surface area contributed by atoms with Crippen molar-refractivity contribution in [2.24, 2.45) is 0 Å². The average molecular weight is 344 g/mol. The lowest BCUT2D eigenvalue weighted by Crippen LogP contribution is -2.14. The van der Waals surface area contributed by atoms with Crippen molar-refractivity contribution in [3.8, 4) is 5.69 Å². The van der Waals surface area contributed by atoms with E-state index >= 15 is 0 Å². The third-order valence-corrected chi connectivity index (χ3v) is 4.02. The van der Waals surface area contributed by atoms with E-state index in [0.717, 1.165) is 22.6 Å². The molecule has 0 bridgehead atoms. The highest BCUT2D eigenvalue weighted by Crippen LogP contribution is 2.17. The van der Waals surface area contributed by atoms with Crippen LogP contribution < -0.4 is 5.32 Å². The van der Waals surface area contributed by atoms with Gasteiger partial charge in [-0.15, -0.1) is 0 Å². The van der Waals surface area contributed by atoms with E-state index in [2.05, 4.69) is 22.0 Å². The molecule has 0 aliphatic rings. The van der Waals surface area contributed by atoms with Crippen LogP contribution in [0.1, 0.15) is 27.3 Å². The molecule has 0 saturated heterocycles. The first-order chi connectivity index (χ1) is 12.6. The van der Waals surface area contributed by atoms with E-state index in [1.807, 2.05) is 62.4 Å². The molecule has 2 heterocycles. The summed E-state index contributed by atoms with van der Waals surface area (Å²) in [7, 11) is 0. The Balaban J connectivity index is 1.84. The summed E-state index contributed by atoms with van der Waals surface area (Å²) in [4.78, 5) is 17.1. The second-order valence-electron chi connectivity index (χ2n) is 5.84. The van der Waals surface area contributed by atoms with Crippen LogP contribution in [0, 0.1) is 13.8 Å². The molecule has 26 heavy (non-hydrogen) atoms. The van der Waals surface area contributed by atoms with E-state index in [0.29, 0.717) is 11.4 Å². The second kappa shape index (κ2) is 7.61. The highest BCUT2D eigenvalue weighted by Gasteiger charge is 2.16. The van der Waals surface area contributed by atoms with Crippen LogP contribution in [0.15, 0.2) is 67.4 Å². The first-order valence-electron chi connectivity index (χ1n) is 8.28. The van der Waals surface area contributed by atoms with Crippen molar-refractivity contribution < 1.29 is 4.79 Å². The fourth-order valence-electron chi connectivity index (χ4n) is 2.59. The molecule has 0 spiro atoms. The smallest absolute Gasteiger partial charge is 0.260 e. The largest absolute Gasteiger partial charge is 0.306 e. The number of anilines is 1. The highest BCUT2D eigenvalue weighted by atomic mass is 16.1. The highest BCUT2D eigenvalue weighted by molar-refractivity contribution is 6.04. The second-order valence-corrected chi connectivity index (χ2v) is 5.84. The molecule has 130 valence electrons. The Morgan fingerprint density at radius 2 is 1.92 bits per heavy atom. The fraction of sp³-hybridized carbons (Fsp3) is 0.0952. The van der Waals surface area contributed by atoms with Crippen molar-refractivity contribution in [1.82, 2.24) is 14.8 Å². The zero-order valence-electron chi connectivity index (χ0n) is 14.8. The molecule has 5 nitrogen and oxygen atoms in total. The number of allylic oxidation sites excluding steroid dienone is 2. The average Bonchev–Trinajstić information content (AvgIpc) is 3.04. The Labute approximate surface area is 152 Å². The van der Waals surface area contributed by atoms with Gasteiger partial charge >= 0.3 is 0 Å². The van der Waals surface area contributed by atoms with E-state index < -0.39 is 0 Å². The van der Waals surface area contributed by atoms with Gasteiger partial charge in [0.1, 0.15) is 5.82 Å². The standard InChI is InChI=1S/C21H20N4O/c1-4-5-11-19-15(2)12-13-20(23-19)24-21(26)18-14-22-25(16(18)3)17-9-7-6-8-10-17/h4-14H,1H2,2-3H3,(H,23,24,26)/b11-5-. The molecule has 0 aliphatic carbocycles. The zero-order valence-corrected chi connectivity index (χ0v) is 14.8. The van der Waals surface area contributed by atoms with Crippen LogP contribution in [-0.2, 0) is 0 Å². The van der Waals surface area contributed by atoms with E-state index in [1.165, 1.54) is 0 Å². The number of para-hydroxylation sites is 1. The van der Waals surface area contributed by atoms with Gasteiger partial charge in [0, 0.05) is 0 Å². The van der Waals surface area contributed by atoms with Crippen molar-refractivity contribution in [2.75, 3.05) is 5.32 Å². The van der Waals surface area contributed by atoms with Gasteiger partial charge in [-0.2, -0.15) is 5.10 Å². The van der Waals surface area contributed by atoms with Gasteiger partial charge < -0.3 is 5.32 Å². The predicted octanol–water partition coefficient (Wildman–Crippen LogP) is 4.34. The molecule has 5 heteroatoms. The van der Waals surface area contributed by atoms with Gasteiger partial charge in [-0.25, -0.2) is 9.67 Å². The molecule has 1 N–H and O–H groups in total. The number of amides is 1. The Kier molecular flexibility index (Phi) is 5.08. The Bertz CT molecular complexity index is 971. The fourth-order valence-corrected chi connectivity index (χ4v) is 2.59. The first-order valence-corrected chi connectivity index (χ1v) is 8.28. The monoisotopic (exact) mass is 344 g/mol. The number of carbonyl (C=O) groups excluding carboxylic acids is 1. The number of nitrogens with zero attached hydrogens (tertiary/aromatic N) is 3. The van der Waals surface area contributed by atoms with Crippen LogP contribution in [0.5, 0.6) is 0 Å². The molecule has 0 atom stereocenters. The maximum Gasteiger partial charge on any atom is 0.260 e. The number of benzene rings is 1. The Morgan fingerprint density at radius 1 is 1.15 bits per heavy atom. The summed E-state index contributed by atoms with van der Waals surface area (Å²) < 4.78 is 1.75. The number of hydrogen-bond acceptors (Lipinski definition) is 3. The van der Waals surface area contributed by atoms with Crippen LogP contribution in [-0.4, -0.2) is 20.7 Å². The number of hydrogen-bond donors (Lipinski definition) is 1. The molecule has 3 rings (SSSR count). The van der Waals surface area contributed by atoms with Gasteiger partial charge in [0.05, 0.1) is 28.8 Å². The molecule has 1 amide bonds. The number of nitrogens with one attached hydrogen (secondary N) is 1. The van der Waals surface area contributed by atoms with E-state index in [-0.39, 0.29) is 5.91 Å². The molecule has 0 aliphatic heterocycles. The van der Waals surface area contributed by atoms with Gasteiger partial charge in [-0.3, -0.25) is 4.79 Å². The number of carbonyl (C=O) groups is 1. The quantitative estimate of drug-likeness (QED) is 0.701. The number of aryl methyl sites for hydroxylation is 1. The number of aromatic nitrogens is 3. The number of rotatable bonds is 5. The van der Waals surface area contributed by atoms with Crippen molar-refractivity contribution in [1.29, 1.82) is 0 Å². The van der Waals surface area contributed by atoms with Gasteiger partial charge in [-0.1, -0.05) is 43.0 Å². The molecule has 0 fully saturated rings. The third kappa shape index (κ3) is 3.62. The van der Waals surface area contributed by atoms with Crippen molar-refractivity contribution in [2.45, 2.75) is 13.8 Å². The molecule has 1 aromatic carbocycles. The van der Waals surface area contributed by atoms with Crippen molar-refractivity contribution in [3.63, 3.8) is 0 Å². The van der Waals surface area contributed by atoms with E-state index in [1.54, 1.807) is 23.0 Å². The molecule has 2 aromatic heterocycles. The molecule has 0 unspecified atom stereocenters. The minimum atomic E-state index is -0.236. The van der Waals surface area contributed by atoms with Crippen molar-refractivity contribution in [3.05, 3.63) is 89.9 Å². The van der Waals surface area contributed by atoms with Gasteiger partial charge in [0.15, 0.2) is 0 Å². The van der Waals surface area contributed by atoms with Crippen LogP contribution in [0.2, 0.25) is 0 Å². The van der Waals surface area contributed by atoms with Crippen LogP contribution in [0.4, 0.5) is 5.82 Å². The minimum Gasteiger partial charge on any atom is -0.306 e. The minimum absolute atomic E-state index is 0.236. The molecular formula is C21H20N4O. The van der Waals surface area contributed by atoms with E-state index in [4.69, 9.17) is 0 Å². The van der Waals surface area contributed by atoms with Gasteiger partial charge in [0.2, 0.25) is 0 Å².